The van der Waals surface area contributed by atoms with Crippen molar-refractivity contribution in [3.63, 3.8) is 0 Å². The second-order valence-electron chi connectivity index (χ2n) is 4.82. The van der Waals surface area contributed by atoms with E-state index in [0.29, 0.717) is 12.0 Å². The Bertz CT molecular complexity index is 601. The second-order valence-corrected chi connectivity index (χ2v) is 5.73. The normalized spacial score (nSPS) is 13.5. The van der Waals surface area contributed by atoms with Gasteiger partial charge in [-0.2, -0.15) is 0 Å². The van der Waals surface area contributed by atoms with Crippen LogP contribution in [0.15, 0.2) is 53.3 Å². The zero-order valence-electron chi connectivity index (χ0n) is 11.7. The van der Waals surface area contributed by atoms with Crippen LogP contribution in [-0.2, 0) is 5.60 Å². The number of hydrogen-bond donors (Lipinski definition) is 2. The topological polar surface area (TPSA) is 62.2 Å². The van der Waals surface area contributed by atoms with E-state index in [1.807, 2.05) is 31.2 Å². The van der Waals surface area contributed by atoms with Crippen LogP contribution in [0, 0.1) is 0 Å². The third-order valence-electron chi connectivity index (χ3n) is 3.43. The van der Waals surface area contributed by atoms with E-state index in [1.54, 1.807) is 18.3 Å². The van der Waals surface area contributed by atoms with Gasteiger partial charge in [0.1, 0.15) is 5.60 Å². The van der Waals surface area contributed by atoms with E-state index >= 15 is 0 Å². The van der Waals surface area contributed by atoms with Crippen molar-refractivity contribution in [3.05, 3.63) is 64.4 Å². The summed E-state index contributed by atoms with van der Waals surface area (Å²) < 4.78 is 0.948. The highest BCUT2D eigenvalue weighted by Crippen LogP contribution is 2.25. The Morgan fingerprint density at radius 2 is 2.05 bits per heavy atom. The number of benzene rings is 1. The maximum Gasteiger partial charge on any atom is 0.252 e. The van der Waals surface area contributed by atoms with Gasteiger partial charge >= 0.3 is 0 Å². The summed E-state index contributed by atoms with van der Waals surface area (Å²) in [6, 6.07) is 10.8. The van der Waals surface area contributed by atoms with Gasteiger partial charge in [0.25, 0.3) is 5.91 Å². The van der Waals surface area contributed by atoms with Crippen molar-refractivity contribution in [2.75, 3.05) is 6.54 Å². The van der Waals surface area contributed by atoms with Gasteiger partial charge in [-0.05, 0) is 36.2 Å². The molecule has 0 bridgehead atoms. The summed E-state index contributed by atoms with van der Waals surface area (Å²) in [6.45, 7) is 2.04. The molecule has 0 spiro atoms. The Kier molecular flexibility index (Phi) is 5.09. The van der Waals surface area contributed by atoms with Crippen LogP contribution in [0.3, 0.4) is 0 Å². The fourth-order valence-corrected chi connectivity index (χ4v) is 2.28. The quantitative estimate of drug-likeness (QED) is 0.873. The molecule has 1 amide bonds. The Morgan fingerprint density at radius 3 is 2.62 bits per heavy atom. The molecule has 1 aromatic carbocycles. The van der Waals surface area contributed by atoms with Crippen LogP contribution < -0.4 is 5.32 Å². The zero-order chi connectivity index (χ0) is 15.3. The highest BCUT2D eigenvalue weighted by Gasteiger charge is 2.27. The fourth-order valence-electron chi connectivity index (χ4n) is 2.02. The van der Waals surface area contributed by atoms with Crippen LogP contribution in [0.4, 0.5) is 0 Å². The number of halogens is 1. The van der Waals surface area contributed by atoms with E-state index in [9.17, 15) is 9.90 Å². The van der Waals surface area contributed by atoms with Gasteiger partial charge in [0.05, 0.1) is 12.1 Å². The molecule has 110 valence electrons. The molecule has 2 N–H and O–H groups in total. The Morgan fingerprint density at radius 1 is 1.33 bits per heavy atom. The monoisotopic (exact) mass is 348 g/mol. The van der Waals surface area contributed by atoms with Gasteiger partial charge in [-0.1, -0.05) is 35.0 Å². The SMILES string of the molecule is CCC(O)(CNC(=O)c1cccnc1)c1ccc(Br)cc1. The molecule has 0 radical (unpaired) electrons. The number of nitrogens with one attached hydrogen (secondary N) is 1. The predicted molar refractivity (Wildman–Crippen MR) is 84.9 cm³/mol. The van der Waals surface area contributed by atoms with Crippen molar-refractivity contribution < 1.29 is 9.90 Å². The molecule has 0 aliphatic rings. The number of nitrogens with zero attached hydrogens (tertiary/aromatic N) is 1. The van der Waals surface area contributed by atoms with E-state index in [-0.39, 0.29) is 12.5 Å². The average molecular weight is 349 g/mol. The lowest BCUT2D eigenvalue weighted by Crippen LogP contribution is -2.40. The van der Waals surface area contributed by atoms with E-state index in [2.05, 4.69) is 26.2 Å². The lowest BCUT2D eigenvalue weighted by Gasteiger charge is -2.27. The summed E-state index contributed by atoms with van der Waals surface area (Å²) >= 11 is 3.37. The lowest BCUT2D eigenvalue weighted by molar-refractivity contribution is 0.0314. The minimum absolute atomic E-state index is 0.152. The summed E-state index contributed by atoms with van der Waals surface area (Å²) in [6.07, 6.45) is 3.61. The van der Waals surface area contributed by atoms with Crippen molar-refractivity contribution in [1.29, 1.82) is 0 Å². The molecule has 0 saturated heterocycles. The average Bonchev–Trinajstić information content (AvgIpc) is 2.53. The molecule has 5 heteroatoms. The number of pyridine rings is 1. The Balaban J connectivity index is 2.08. The molecule has 0 aliphatic heterocycles. The van der Waals surface area contributed by atoms with Crippen molar-refractivity contribution >= 4 is 21.8 Å². The first-order valence-electron chi connectivity index (χ1n) is 6.72. The van der Waals surface area contributed by atoms with Crippen molar-refractivity contribution in [2.24, 2.45) is 0 Å². The van der Waals surface area contributed by atoms with Gasteiger partial charge < -0.3 is 10.4 Å². The molecule has 4 nitrogen and oxygen atoms in total. The van der Waals surface area contributed by atoms with Crippen LogP contribution in [0.25, 0.3) is 0 Å². The van der Waals surface area contributed by atoms with Crippen LogP contribution in [0.5, 0.6) is 0 Å². The molecule has 1 aromatic heterocycles. The summed E-state index contributed by atoms with van der Waals surface area (Å²) in [5.74, 6) is -0.243. The molecule has 21 heavy (non-hydrogen) atoms. The molecule has 1 atom stereocenters. The highest BCUT2D eigenvalue weighted by atomic mass is 79.9. The van der Waals surface area contributed by atoms with Crippen LogP contribution in [-0.4, -0.2) is 22.5 Å². The molecule has 0 fully saturated rings. The van der Waals surface area contributed by atoms with Gasteiger partial charge in [-0.25, -0.2) is 0 Å². The highest BCUT2D eigenvalue weighted by molar-refractivity contribution is 9.10. The molecular formula is C16H17BrN2O2. The van der Waals surface area contributed by atoms with Crippen molar-refractivity contribution in [3.8, 4) is 0 Å². The van der Waals surface area contributed by atoms with Gasteiger partial charge in [-0.3, -0.25) is 9.78 Å². The minimum atomic E-state index is -1.08. The smallest absolute Gasteiger partial charge is 0.252 e. The molecule has 2 rings (SSSR count). The number of carbonyl (C=O) groups is 1. The maximum atomic E-state index is 12.0. The lowest BCUT2D eigenvalue weighted by atomic mass is 9.91. The first kappa shape index (κ1) is 15.7. The third kappa shape index (κ3) is 3.89. The number of carbonyl (C=O) groups excluding carboxylic acids is 1. The molecule has 0 aliphatic carbocycles. The Labute approximate surface area is 132 Å². The summed E-state index contributed by atoms with van der Waals surface area (Å²) in [4.78, 5) is 15.9. The number of aliphatic hydroxyl groups is 1. The predicted octanol–water partition coefficient (Wildman–Crippen LogP) is 2.87. The van der Waals surface area contributed by atoms with Gasteiger partial charge in [0.15, 0.2) is 0 Å². The number of rotatable bonds is 5. The fraction of sp³-hybridized carbons (Fsp3) is 0.250. The van der Waals surface area contributed by atoms with Crippen LogP contribution >= 0.6 is 15.9 Å². The molecular weight excluding hydrogens is 332 g/mol. The third-order valence-corrected chi connectivity index (χ3v) is 3.96. The molecule has 0 saturated carbocycles. The summed E-state index contributed by atoms with van der Waals surface area (Å²) in [5.41, 5.74) is 0.171. The number of hydrogen-bond acceptors (Lipinski definition) is 3. The largest absolute Gasteiger partial charge is 0.383 e. The summed E-state index contributed by atoms with van der Waals surface area (Å²) in [7, 11) is 0. The second kappa shape index (κ2) is 6.83. The Hall–Kier alpha value is -1.72. The van der Waals surface area contributed by atoms with Crippen molar-refractivity contribution in [1.82, 2.24) is 10.3 Å². The van der Waals surface area contributed by atoms with Crippen LogP contribution in [0.1, 0.15) is 29.3 Å². The van der Waals surface area contributed by atoms with Gasteiger partial charge in [0.2, 0.25) is 0 Å². The summed E-state index contributed by atoms with van der Waals surface area (Å²) in [5, 5.41) is 13.5. The molecule has 1 heterocycles. The van der Waals surface area contributed by atoms with E-state index in [0.717, 1.165) is 10.0 Å². The van der Waals surface area contributed by atoms with E-state index in [4.69, 9.17) is 0 Å². The van der Waals surface area contributed by atoms with Crippen LogP contribution in [0.2, 0.25) is 0 Å². The molecule has 2 aromatic rings. The molecule has 1 unspecified atom stereocenters. The first-order valence-corrected chi connectivity index (χ1v) is 7.51. The van der Waals surface area contributed by atoms with Gasteiger partial charge in [0, 0.05) is 16.9 Å². The number of amides is 1. The first-order chi connectivity index (χ1) is 10.0. The zero-order valence-corrected chi connectivity index (χ0v) is 13.3. The standard InChI is InChI=1S/C16H17BrN2O2/c1-2-16(21,13-5-7-14(17)8-6-13)11-19-15(20)12-4-3-9-18-10-12/h3-10,21H,2,11H2,1H3,(H,19,20). The van der Waals surface area contributed by atoms with Gasteiger partial charge in [-0.15, -0.1) is 0 Å². The van der Waals surface area contributed by atoms with E-state index in [1.165, 1.54) is 6.20 Å². The number of aromatic nitrogens is 1. The van der Waals surface area contributed by atoms with Crippen molar-refractivity contribution in [2.45, 2.75) is 18.9 Å². The van der Waals surface area contributed by atoms with E-state index < -0.39 is 5.60 Å². The minimum Gasteiger partial charge on any atom is -0.383 e. The maximum absolute atomic E-state index is 12.0.